The zero-order valence-electron chi connectivity index (χ0n) is 15.1. The van der Waals surface area contributed by atoms with Crippen molar-refractivity contribution in [2.45, 2.75) is 19.4 Å². The molecule has 0 aliphatic heterocycles. The Labute approximate surface area is 152 Å². The number of rotatable bonds is 7. The first-order valence-corrected chi connectivity index (χ1v) is 8.33. The van der Waals surface area contributed by atoms with Gasteiger partial charge in [0.2, 0.25) is 5.56 Å². The lowest BCUT2D eigenvalue weighted by molar-refractivity contribution is -0.130. The maximum absolute atomic E-state index is 12.4. The summed E-state index contributed by atoms with van der Waals surface area (Å²) in [5.74, 6) is 0.105. The van der Waals surface area contributed by atoms with E-state index in [1.54, 1.807) is 20.2 Å². The van der Waals surface area contributed by atoms with Crippen LogP contribution in [-0.2, 0) is 4.79 Å². The van der Waals surface area contributed by atoms with E-state index in [-0.39, 0.29) is 30.0 Å². The number of carbonyl (C=O) groups excluding carboxylic acids is 2. The summed E-state index contributed by atoms with van der Waals surface area (Å²) in [6, 6.07) is 9.78. The molecule has 7 nitrogen and oxygen atoms in total. The highest BCUT2D eigenvalue weighted by atomic mass is 16.5. The first kappa shape index (κ1) is 19.2. The summed E-state index contributed by atoms with van der Waals surface area (Å²) in [5, 5.41) is 2.93. The van der Waals surface area contributed by atoms with Crippen LogP contribution in [0.5, 0.6) is 5.75 Å². The number of amides is 2. The van der Waals surface area contributed by atoms with Crippen LogP contribution in [0, 0.1) is 0 Å². The summed E-state index contributed by atoms with van der Waals surface area (Å²) in [6.45, 7) is 1.87. The van der Waals surface area contributed by atoms with Crippen molar-refractivity contribution in [2.24, 2.45) is 0 Å². The fraction of sp³-hybridized carbons (Fsp3) is 0.316. The summed E-state index contributed by atoms with van der Waals surface area (Å²) < 4.78 is 5.66. The number of hydrogen-bond donors (Lipinski definition) is 2. The van der Waals surface area contributed by atoms with Crippen LogP contribution in [0.1, 0.15) is 35.3 Å². The second-order valence-electron chi connectivity index (χ2n) is 5.99. The van der Waals surface area contributed by atoms with E-state index >= 15 is 0 Å². The van der Waals surface area contributed by atoms with E-state index in [0.29, 0.717) is 17.7 Å². The minimum atomic E-state index is -0.299. The molecule has 0 aliphatic carbocycles. The fourth-order valence-electron chi connectivity index (χ4n) is 2.36. The van der Waals surface area contributed by atoms with Crippen LogP contribution in [0.25, 0.3) is 0 Å². The predicted octanol–water partition coefficient (Wildman–Crippen LogP) is 1.72. The minimum Gasteiger partial charge on any atom is -0.483 e. The highest BCUT2D eigenvalue weighted by Gasteiger charge is 2.18. The summed E-state index contributed by atoms with van der Waals surface area (Å²) in [7, 11) is 3.33. The van der Waals surface area contributed by atoms with Crippen LogP contribution in [0.3, 0.4) is 0 Å². The highest BCUT2D eigenvalue weighted by Crippen LogP contribution is 2.27. The number of likely N-dealkylation sites (N-methyl/N-ethyl adjacent to an activating group) is 1. The topological polar surface area (TPSA) is 91.5 Å². The first-order chi connectivity index (χ1) is 12.4. The van der Waals surface area contributed by atoms with E-state index in [4.69, 9.17) is 4.74 Å². The quantitative estimate of drug-likeness (QED) is 0.789. The Hall–Kier alpha value is -3.09. The molecule has 0 spiro atoms. The minimum absolute atomic E-state index is 0.0751. The molecule has 0 aliphatic rings. The SMILES string of the molecule is CC[C@H](NC(=O)c1ccc(=O)[nH]c1)c1ccccc1OCC(=O)N(C)C. The molecule has 1 heterocycles. The Morgan fingerprint density at radius 3 is 2.54 bits per heavy atom. The van der Waals surface area contributed by atoms with Gasteiger partial charge in [-0.3, -0.25) is 14.4 Å². The van der Waals surface area contributed by atoms with Crippen LogP contribution in [0.2, 0.25) is 0 Å². The van der Waals surface area contributed by atoms with E-state index in [1.165, 1.54) is 23.2 Å². The molecule has 0 bridgehead atoms. The van der Waals surface area contributed by atoms with Gasteiger partial charge in [-0.15, -0.1) is 0 Å². The summed E-state index contributed by atoms with van der Waals surface area (Å²) >= 11 is 0. The third kappa shape index (κ3) is 4.95. The van der Waals surface area contributed by atoms with Gasteiger partial charge in [-0.05, 0) is 18.6 Å². The number of nitrogens with one attached hydrogen (secondary N) is 2. The molecule has 1 atom stereocenters. The number of pyridine rings is 1. The molecule has 2 N–H and O–H groups in total. The van der Waals surface area contributed by atoms with Crippen molar-refractivity contribution in [3.05, 3.63) is 64.1 Å². The summed E-state index contributed by atoms with van der Waals surface area (Å²) in [5.41, 5.74) is 0.890. The number of benzene rings is 1. The molecule has 2 amide bonds. The third-order valence-corrected chi connectivity index (χ3v) is 3.90. The lowest BCUT2D eigenvalue weighted by atomic mass is 10.0. The van der Waals surface area contributed by atoms with Crippen molar-refractivity contribution in [3.8, 4) is 5.75 Å². The van der Waals surface area contributed by atoms with Crippen LogP contribution >= 0.6 is 0 Å². The Morgan fingerprint density at radius 1 is 1.19 bits per heavy atom. The second-order valence-corrected chi connectivity index (χ2v) is 5.99. The number of hydrogen-bond acceptors (Lipinski definition) is 4. The van der Waals surface area contributed by atoms with Crippen molar-refractivity contribution >= 4 is 11.8 Å². The van der Waals surface area contributed by atoms with Crippen molar-refractivity contribution in [1.29, 1.82) is 0 Å². The van der Waals surface area contributed by atoms with Gasteiger partial charge in [0.05, 0.1) is 11.6 Å². The maximum atomic E-state index is 12.4. The number of ether oxygens (including phenoxy) is 1. The van der Waals surface area contributed by atoms with Gasteiger partial charge < -0.3 is 19.9 Å². The van der Waals surface area contributed by atoms with Gasteiger partial charge in [-0.25, -0.2) is 0 Å². The smallest absolute Gasteiger partial charge is 0.259 e. The van der Waals surface area contributed by atoms with Crippen molar-refractivity contribution in [2.75, 3.05) is 20.7 Å². The summed E-state index contributed by atoms with van der Waals surface area (Å²) in [4.78, 5) is 39.3. The van der Waals surface area contributed by atoms with E-state index < -0.39 is 0 Å². The van der Waals surface area contributed by atoms with Crippen molar-refractivity contribution in [3.63, 3.8) is 0 Å². The monoisotopic (exact) mass is 357 g/mol. The molecule has 2 rings (SSSR count). The van der Waals surface area contributed by atoms with Crippen molar-refractivity contribution in [1.82, 2.24) is 15.2 Å². The van der Waals surface area contributed by atoms with Crippen LogP contribution in [0.15, 0.2) is 47.4 Å². The maximum Gasteiger partial charge on any atom is 0.259 e. The zero-order valence-corrected chi connectivity index (χ0v) is 15.1. The second kappa shape index (κ2) is 8.84. The van der Waals surface area contributed by atoms with Crippen molar-refractivity contribution < 1.29 is 14.3 Å². The molecule has 0 fully saturated rings. The van der Waals surface area contributed by atoms with Gasteiger partial charge in [0.1, 0.15) is 5.75 Å². The largest absolute Gasteiger partial charge is 0.483 e. The highest BCUT2D eigenvalue weighted by molar-refractivity contribution is 5.94. The average Bonchev–Trinajstić information content (AvgIpc) is 2.64. The number of aromatic amines is 1. The lowest BCUT2D eigenvalue weighted by Gasteiger charge is -2.21. The number of aromatic nitrogens is 1. The Kier molecular flexibility index (Phi) is 6.54. The zero-order chi connectivity index (χ0) is 19.1. The van der Waals surface area contributed by atoms with E-state index in [9.17, 15) is 14.4 Å². The molecule has 1 aromatic heterocycles. The van der Waals surface area contributed by atoms with Gasteiger partial charge in [-0.2, -0.15) is 0 Å². The van der Waals surface area contributed by atoms with E-state index in [0.717, 1.165) is 5.56 Å². The fourth-order valence-corrected chi connectivity index (χ4v) is 2.36. The molecule has 0 saturated carbocycles. The molecule has 0 radical (unpaired) electrons. The Balaban J connectivity index is 2.16. The van der Waals surface area contributed by atoms with Gasteiger partial charge in [0.25, 0.3) is 11.8 Å². The molecule has 0 unspecified atom stereocenters. The normalized spacial score (nSPS) is 11.5. The lowest BCUT2D eigenvalue weighted by Crippen LogP contribution is -2.30. The molecular formula is C19H23N3O4. The van der Waals surface area contributed by atoms with Gasteiger partial charge >= 0.3 is 0 Å². The Bertz CT molecular complexity index is 809. The third-order valence-electron chi connectivity index (χ3n) is 3.90. The van der Waals surface area contributed by atoms with Crippen LogP contribution in [-0.4, -0.2) is 42.4 Å². The molecule has 1 aromatic carbocycles. The summed E-state index contributed by atoms with van der Waals surface area (Å²) in [6.07, 6.45) is 2.01. The first-order valence-electron chi connectivity index (χ1n) is 8.33. The average molecular weight is 357 g/mol. The number of carbonyl (C=O) groups is 2. The van der Waals surface area contributed by atoms with Crippen LogP contribution in [0.4, 0.5) is 0 Å². The molecular weight excluding hydrogens is 334 g/mol. The van der Waals surface area contributed by atoms with Gasteiger partial charge in [0.15, 0.2) is 6.61 Å². The predicted molar refractivity (Wildman–Crippen MR) is 98.2 cm³/mol. The molecule has 0 saturated heterocycles. The van der Waals surface area contributed by atoms with E-state index in [2.05, 4.69) is 10.3 Å². The molecule has 2 aromatic rings. The van der Waals surface area contributed by atoms with Gasteiger partial charge in [0, 0.05) is 31.9 Å². The standard InChI is InChI=1S/C19H23N3O4/c1-4-15(21-19(25)13-9-10-17(23)20-11-13)14-7-5-6-8-16(14)26-12-18(24)22(2)3/h5-11,15H,4,12H2,1-3H3,(H,20,23)(H,21,25)/t15-/m0/s1. The van der Waals surface area contributed by atoms with Crippen LogP contribution < -0.4 is 15.6 Å². The molecule has 7 heteroatoms. The molecule has 138 valence electrons. The number of nitrogens with zero attached hydrogens (tertiary/aromatic N) is 1. The number of para-hydroxylation sites is 1. The van der Waals surface area contributed by atoms with Gasteiger partial charge in [-0.1, -0.05) is 25.1 Å². The van der Waals surface area contributed by atoms with E-state index in [1.807, 2.05) is 25.1 Å². The molecule has 26 heavy (non-hydrogen) atoms. The number of H-pyrrole nitrogens is 1. The Morgan fingerprint density at radius 2 is 1.92 bits per heavy atom.